The molecule has 34 heavy (non-hydrogen) atoms. The number of aliphatic hydroxyl groups is 1. The Labute approximate surface area is 205 Å². The van der Waals surface area contributed by atoms with Crippen molar-refractivity contribution >= 4 is 11.5 Å². The summed E-state index contributed by atoms with van der Waals surface area (Å²) in [5, 5.41) is 11.9. The molecule has 0 aliphatic heterocycles. The van der Waals surface area contributed by atoms with Gasteiger partial charge < -0.3 is 9.84 Å². The number of esters is 1. The van der Waals surface area contributed by atoms with Gasteiger partial charge in [-0.3, -0.25) is 4.79 Å². The van der Waals surface area contributed by atoms with Crippen LogP contribution in [0.1, 0.15) is 78.0 Å². The third kappa shape index (κ3) is 4.35. The second-order valence-corrected chi connectivity index (χ2v) is 11.8. The largest absolute Gasteiger partial charge is 0.461 e. The van der Waals surface area contributed by atoms with Gasteiger partial charge in [0.1, 0.15) is 17.6 Å². The number of hydrogen-bond acceptors (Lipinski definition) is 3. The molecular formula is C31H40O3. The van der Waals surface area contributed by atoms with E-state index in [0.29, 0.717) is 17.8 Å². The summed E-state index contributed by atoms with van der Waals surface area (Å²) in [6, 6.07) is 19.6. The van der Waals surface area contributed by atoms with Crippen molar-refractivity contribution in [2.75, 3.05) is 0 Å². The fourth-order valence-electron chi connectivity index (χ4n) is 6.19. The van der Waals surface area contributed by atoms with Gasteiger partial charge in [-0.25, -0.2) is 0 Å². The molecule has 0 heterocycles. The molecule has 3 heteroatoms. The number of ether oxygens (including phenoxy) is 1. The average Bonchev–Trinajstić information content (AvgIpc) is 3.52. The van der Waals surface area contributed by atoms with Gasteiger partial charge >= 0.3 is 5.97 Å². The standard InChI is InChI=1S/C31H40O3/c1-20(2)24-18-17-21(3)19-25(24)34-29(33)31(28(32)23-15-11-8-12-16-23)26(27(31)30(4,5)6)22-13-9-7-10-14-22/h7-16,20-21,24-25,28,32H,17-19H2,1-6H3/t21-,24+,25-,28-,31-/m1/s1. The first-order chi connectivity index (χ1) is 16.1. The van der Waals surface area contributed by atoms with E-state index in [9.17, 15) is 9.90 Å². The second kappa shape index (κ2) is 9.34. The average molecular weight is 461 g/mol. The molecule has 1 N–H and O–H groups in total. The maximum Gasteiger partial charge on any atom is 0.324 e. The number of hydrogen-bond donors (Lipinski definition) is 1. The van der Waals surface area contributed by atoms with Crippen LogP contribution in [-0.2, 0) is 9.53 Å². The van der Waals surface area contributed by atoms with Gasteiger partial charge in [-0.1, -0.05) is 109 Å². The van der Waals surface area contributed by atoms with Crippen LogP contribution in [0.5, 0.6) is 0 Å². The Bertz CT molecular complexity index is 1030. The molecule has 2 aromatic rings. The molecule has 0 amide bonds. The molecule has 0 aromatic heterocycles. The van der Waals surface area contributed by atoms with Crippen molar-refractivity contribution in [3.8, 4) is 0 Å². The number of carbonyl (C=O) groups excluding carboxylic acids is 1. The van der Waals surface area contributed by atoms with E-state index in [1.807, 2.05) is 60.7 Å². The van der Waals surface area contributed by atoms with Crippen LogP contribution < -0.4 is 0 Å². The first kappa shape index (κ1) is 24.7. The van der Waals surface area contributed by atoms with E-state index < -0.39 is 11.5 Å². The van der Waals surface area contributed by atoms with Gasteiger partial charge in [0, 0.05) is 0 Å². The third-order valence-corrected chi connectivity index (χ3v) is 7.86. The minimum absolute atomic E-state index is 0.116. The molecule has 3 nitrogen and oxygen atoms in total. The maximum absolute atomic E-state index is 14.3. The van der Waals surface area contributed by atoms with Crippen molar-refractivity contribution in [1.82, 2.24) is 0 Å². The minimum Gasteiger partial charge on any atom is -0.461 e. The van der Waals surface area contributed by atoms with Crippen molar-refractivity contribution < 1.29 is 14.6 Å². The van der Waals surface area contributed by atoms with Gasteiger partial charge in [0.25, 0.3) is 0 Å². The van der Waals surface area contributed by atoms with Gasteiger partial charge in [0.2, 0.25) is 0 Å². The Morgan fingerprint density at radius 1 is 1.00 bits per heavy atom. The highest BCUT2D eigenvalue weighted by Crippen LogP contribution is 2.70. The molecule has 0 spiro atoms. The predicted molar refractivity (Wildman–Crippen MR) is 138 cm³/mol. The van der Waals surface area contributed by atoms with Crippen LogP contribution >= 0.6 is 0 Å². The normalized spacial score (nSPS) is 28.1. The van der Waals surface area contributed by atoms with Gasteiger partial charge in [-0.15, -0.1) is 0 Å². The molecule has 2 aliphatic carbocycles. The van der Waals surface area contributed by atoms with Gasteiger partial charge in [0.15, 0.2) is 0 Å². The Morgan fingerprint density at radius 2 is 1.59 bits per heavy atom. The van der Waals surface area contributed by atoms with E-state index in [2.05, 4.69) is 41.5 Å². The van der Waals surface area contributed by atoms with Gasteiger partial charge in [-0.05, 0) is 58.3 Å². The zero-order valence-electron chi connectivity index (χ0n) is 21.5. The highest BCUT2D eigenvalue weighted by atomic mass is 16.5. The number of aliphatic hydroxyl groups excluding tert-OH is 1. The van der Waals surface area contributed by atoms with E-state index >= 15 is 0 Å². The minimum atomic E-state index is -1.16. The van der Waals surface area contributed by atoms with Crippen molar-refractivity contribution in [3.63, 3.8) is 0 Å². The Balaban J connectivity index is 1.79. The maximum atomic E-state index is 14.3. The molecule has 1 fully saturated rings. The van der Waals surface area contributed by atoms with E-state index in [1.54, 1.807) is 0 Å². The summed E-state index contributed by atoms with van der Waals surface area (Å²) in [4.78, 5) is 14.3. The summed E-state index contributed by atoms with van der Waals surface area (Å²) in [5.74, 6) is 1.04. The first-order valence-corrected chi connectivity index (χ1v) is 12.8. The smallest absolute Gasteiger partial charge is 0.324 e. The molecule has 4 rings (SSSR count). The Morgan fingerprint density at radius 3 is 2.15 bits per heavy atom. The lowest BCUT2D eigenvalue weighted by Gasteiger charge is -2.38. The molecule has 2 aliphatic rings. The highest BCUT2D eigenvalue weighted by Gasteiger charge is 2.68. The van der Waals surface area contributed by atoms with Gasteiger partial charge in [0.05, 0.1) is 0 Å². The molecule has 0 radical (unpaired) electrons. The van der Waals surface area contributed by atoms with Crippen LogP contribution in [0.15, 0.2) is 66.2 Å². The van der Waals surface area contributed by atoms with Gasteiger partial charge in [-0.2, -0.15) is 0 Å². The molecule has 5 atom stereocenters. The van der Waals surface area contributed by atoms with Crippen LogP contribution in [0.2, 0.25) is 0 Å². The van der Waals surface area contributed by atoms with Crippen LogP contribution in [0.25, 0.3) is 5.57 Å². The van der Waals surface area contributed by atoms with Crippen LogP contribution in [0.4, 0.5) is 0 Å². The summed E-state index contributed by atoms with van der Waals surface area (Å²) in [5.41, 5.74) is 2.17. The summed E-state index contributed by atoms with van der Waals surface area (Å²) >= 11 is 0. The fourth-order valence-corrected chi connectivity index (χ4v) is 6.19. The number of benzene rings is 2. The summed E-state index contributed by atoms with van der Waals surface area (Å²) in [7, 11) is 0. The van der Waals surface area contributed by atoms with E-state index in [0.717, 1.165) is 35.1 Å². The predicted octanol–water partition coefficient (Wildman–Crippen LogP) is 7.22. The van der Waals surface area contributed by atoms with Crippen molar-refractivity contribution in [1.29, 1.82) is 0 Å². The van der Waals surface area contributed by atoms with Crippen molar-refractivity contribution in [3.05, 3.63) is 77.4 Å². The summed E-state index contributed by atoms with van der Waals surface area (Å²) in [6.45, 7) is 13.1. The van der Waals surface area contributed by atoms with Crippen LogP contribution in [-0.4, -0.2) is 17.2 Å². The van der Waals surface area contributed by atoms with E-state index in [4.69, 9.17) is 4.74 Å². The molecule has 2 aromatic carbocycles. The SMILES string of the molecule is CC(C)[C@@H]1CC[C@@H](C)C[C@H]1OC(=O)[C@]1([C@H](O)c2ccccc2)C(c2ccccc2)=C1C(C)(C)C. The Hall–Kier alpha value is -2.39. The second-order valence-electron chi connectivity index (χ2n) is 11.8. The highest BCUT2D eigenvalue weighted by molar-refractivity contribution is 6.10. The fraction of sp³-hybridized carbons (Fsp3) is 0.516. The van der Waals surface area contributed by atoms with Crippen LogP contribution in [0, 0.1) is 28.6 Å². The first-order valence-electron chi connectivity index (χ1n) is 12.8. The molecular weight excluding hydrogens is 420 g/mol. The lowest BCUT2D eigenvalue weighted by Crippen LogP contribution is -2.41. The number of rotatable bonds is 6. The topological polar surface area (TPSA) is 46.5 Å². The molecule has 0 saturated heterocycles. The lowest BCUT2D eigenvalue weighted by molar-refractivity contribution is -0.166. The monoisotopic (exact) mass is 460 g/mol. The van der Waals surface area contributed by atoms with Crippen LogP contribution in [0.3, 0.4) is 0 Å². The van der Waals surface area contributed by atoms with Crippen molar-refractivity contribution in [2.45, 2.75) is 73.0 Å². The molecule has 1 saturated carbocycles. The summed E-state index contributed by atoms with van der Waals surface area (Å²) < 4.78 is 6.44. The van der Waals surface area contributed by atoms with Crippen molar-refractivity contribution in [2.24, 2.45) is 28.6 Å². The molecule has 182 valence electrons. The summed E-state index contributed by atoms with van der Waals surface area (Å²) in [6.07, 6.45) is 2.03. The number of carbonyl (C=O) groups is 1. The van der Waals surface area contributed by atoms with E-state index in [-0.39, 0.29) is 17.5 Å². The zero-order chi connectivity index (χ0) is 24.7. The molecule has 0 unspecified atom stereocenters. The Kier molecular flexibility index (Phi) is 6.79. The quantitative estimate of drug-likeness (QED) is 0.463. The van der Waals surface area contributed by atoms with E-state index in [1.165, 1.54) is 6.42 Å². The lowest BCUT2D eigenvalue weighted by atomic mass is 9.75. The zero-order valence-corrected chi connectivity index (χ0v) is 21.5. The third-order valence-electron chi connectivity index (χ3n) is 7.86. The molecule has 0 bridgehead atoms.